The first-order chi connectivity index (χ1) is 21.5. The molecule has 9 heteroatoms. The smallest absolute Gasteiger partial charge is 0.242 e. The van der Waals surface area contributed by atoms with Crippen LogP contribution in [0, 0.1) is 40.4 Å². The van der Waals surface area contributed by atoms with Crippen molar-refractivity contribution < 1.29 is 32.6 Å². The number of aliphatic hydroxyl groups is 1. The van der Waals surface area contributed by atoms with Crippen LogP contribution in [0.4, 0.5) is 0 Å². The molecule has 1 amide bonds. The summed E-state index contributed by atoms with van der Waals surface area (Å²) in [5, 5.41) is 11.9. The van der Waals surface area contributed by atoms with Gasteiger partial charge in [0.05, 0.1) is 37.0 Å². The van der Waals surface area contributed by atoms with Crippen LogP contribution in [0.1, 0.15) is 72.2 Å². The first-order valence-electron chi connectivity index (χ1n) is 16.2. The molecule has 1 heterocycles. The lowest BCUT2D eigenvalue weighted by Crippen LogP contribution is -2.47. The van der Waals surface area contributed by atoms with E-state index in [1.807, 2.05) is 30.3 Å². The summed E-state index contributed by atoms with van der Waals surface area (Å²) < 4.78 is 34.8. The first-order valence-corrected chi connectivity index (χ1v) is 17.8. The fraction of sp³-hybridized carbons (Fsp3) is 0.528. The Morgan fingerprint density at radius 1 is 0.956 bits per heavy atom. The normalized spacial score (nSPS) is 37.0. The monoisotopic (exact) mass is 629 g/mol. The Balaban J connectivity index is 1.15. The lowest BCUT2D eigenvalue weighted by Gasteiger charge is -2.40. The van der Waals surface area contributed by atoms with Crippen LogP contribution in [-0.2, 0) is 26.2 Å². The fourth-order valence-corrected chi connectivity index (χ4v) is 13.1. The number of amides is 1. The molecule has 3 saturated carbocycles. The lowest BCUT2D eigenvalue weighted by atomic mass is 9.61. The zero-order valence-electron chi connectivity index (χ0n) is 25.6. The number of carbonyl (C=O) groups is 3. The second-order valence-corrected chi connectivity index (χ2v) is 16.6. The van der Waals surface area contributed by atoms with Gasteiger partial charge in [0.15, 0.2) is 11.6 Å². The summed E-state index contributed by atoms with van der Waals surface area (Å²) in [7, 11) is -3.88. The number of fused-ring (bicyclic) bond motifs is 5. The van der Waals surface area contributed by atoms with Gasteiger partial charge in [-0.1, -0.05) is 68.4 Å². The Morgan fingerprint density at radius 3 is 2.36 bits per heavy atom. The van der Waals surface area contributed by atoms with Crippen molar-refractivity contribution in [2.75, 3.05) is 12.4 Å². The second kappa shape index (κ2) is 9.93. The van der Waals surface area contributed by atoms with Crippen LogP contribution in [0.2, 0.25) is 0 Å². The van der Waals surface area contributed by atoms with Gasteiger partial charge in [-0.2, -0.15) is 0 Å². The molecule has 236 valence electrons. The highest BCUT2D eigenvalue weighted by Gasteiger charge is 2.73. The summed E-state index contributed by atoms with van der Waals surface area (Å²) in [6.07, 6.45) is 1.53. The van der Waals surface area contributed by atoms with E-state index >= 15 is 0 Å². The van der Waals surface area contributed by atoms with Crippen LogP contribution in [0.15, 0.2) is 65.7 Å². The fourth-order valence-electron chi connectivity index (χ4n) is 10.5. The molecule has 6 aliphatic rings. The van der Waals surface area contributed by atoms with Gasteiger partial charge < -0.3 is 9.84 Å². The Hall–Kier alpha value is -3.14. The zero-order chi connectivity index (χ0) is 31.5. The number of carbonyl (C=O) groups excluding carboxylic acids is 3. The van der Waals surface area contributed by atoms with Gasteiger partial charge in [-0.15, -0.1) is 0 Å². The summed E-state index contributed by atoms with van der Waals surface area (Å²) >= 11 is 0. The van der Waals surface area contributed by atoms with Crippen LogP contribution < -0.4 is 0 Å². The summed E-state index contributed by atoms with van der Waals surface area (Å²) in [6.45, 7) is 4.76. The molecular formula is C36H39NO7S. The van der Waals surface area contributed by atoms with Crippen molar-refractivity contribution in [2.45, 2.75) is 64.7 Å². The van der Waals surface area contributed by atoms with Gasteiger partial charge in [-0.3, -0.25) is 14.4 Å². The van der Waals surface area contributed by atoms with E-state index in [2.05, 4.69) is 13.8 Å². The molecular weight excluding hydrogens is 590 g/mol. The highest BCUT2D eigenvalue weighted by atomic mass is 32.2. The van der Waals surface area contributed by atoms with Crippen LogP contribution in [0.5, 0.6) is 0 Å². The minimum Gasteiger partial charge on any atom is -0.388 e. The molecule has 0 aromatic heterocycles. The number of sulfonamides is 1. The predicted octanol–water partition coefficient (Wildman–Crippen LogP) is 4.58. The van der Waals surface area contributed by atoms with Crippen LogP contribution in [-0.4, -0.2) is 59.8 Å². The molecule has 2 aromatic rings. The number of ether oxygens (including phenoxy) is 1. The standard InChI is InChI=1S/C36H39NO7S/c1-35(2)22-12-13-36(35)19-45(42,43)37(28(36)15-22)34(41)27-16-25-29(33(27)40)21(18-44-17-20-8-4-3-5-9-20)14-26-30(25)32(39)24-11-7-6-10-23(24)31(26)38/h3-11,22,25-28,30,33,40H,12-19H2,1-2H3/t22?,25-,26+,27-,28?,30-,33-,36-/m1/s1. The maximum atomic E-state index is 14.4. The van der Waals surface area contributed by atoms with Gasteiger partial charge in [0.25, 0.3) is 0 Å². The Bertz CT molecular complexity index is 1760. The van der Waals surface area contributed by atoms with Gasteiger partial charge in [-0.25, -0.2) is 12.7 Å². The molecule has 1 saturated heterocycles. The van der Waals surface area contributed by atoms with E-state index < -0.39 is 57.2 Å². The third-order valence-electron chi connectivity index (χ3n) is 12.8. The van der Waals surface area contributed by atoms with Gasteiger partial charge in [0, 0.05) is 28.4 Å². The molecule has 1 aliphatic heterocycles. The van der Waals surface area contributed by atoms with Crippen LogP contribution in [0.25, 0.3) is 0 Å². The third kappa shape index (κ3) is 3.96. The molecule has 2 aromatic carbocycles. The van der Waals surface area contributed by atoms with Gasteiger partial charge >= 0.3 is 0 Å². The topological polar surface area (TPSA) is 118 Å². The average molecular weight is 630 g/mol. The quantitative estimate of drug-likeness (QED) is 0.481. The number of Topliss-reactive ketones (excluding diaryl/α,β-unsaturated/α-hetero) is 2. The molecule has 45 heavy (non-hydrogen) atoms. The highest BCUT2D eigenvalue weighted by molar-refractivity contribution is 7.90. The Kier molecular flexibility index (Phi) is 6.46. The average Bonchev–Trinajstić information content (AvgIpc) is 3.64. The molecule has 8 nitrogen and oxygen atoms in total. The van der Waals surface area contributed by atoms with E-state index in [1.165, 1.54) is 0 Å². The first kappa shape index (κ1) is 29.3. The Labute approximate surface area is 263 Å². The van der Waals surface area contributed by atoms with E-state index in [1.54, 1.807) is 24.3 Å². The highest BCUT2D eigenvalue weighted by Crippen LogP contribution is 2.70. The summed E-state index contributed by atoms with van der Waals surface area (Å²) in [5.74, 6) is -3.40. The largest absolute Gasteiger partial charge is 0.388 e. The lowest BCUT2D eigenvalue weighted by molar-refractivity contribution is -0.135. The van der Waals surface area contributed by atoms with Crippen molar-refractivity contribution in [1.29, 1.82) is 0 Å². The minimum atomic E-state index is -3.88. The van der Waals surface area contributed by atoms with Crippen molar-refractivity contribution in [3.05, 3.63) is 82.4 Å². The predicted molar refractivity (Wildman–Crippen MR) is 165 cm³/mol. The van der Waals surface area contributed by atoms with Crippen LogP contribution >= 0.6 is 0 Å². The van der Waals surface area contributed by atoms with Crippen LogP contribution in [0.3, 0.4) is 0 Å². The van der Waals surface area contributed by atoms with E-state index in [-0.39, 0.29) is 42.2 Å². The second-order valence-electron chi connectivity index (χ2n) is 14.8. The van der Waals surface area contributed by atoms with Crippen molar-refractivity contribution in [3.63, 3.8) is 0 Å². The Morgan fingerprint density at radius 2 is 1.64 bits per heavy atom. The molecule has 2 bridgehead atoms. The number of nitrogens with zero attached hydrogens (tertiary/aromatic N) is 1. The molecule has 1 N–H and O–H groups in total. The van der Waals surface area contributed by atoms with Gasteiger partial charge in [0.2, 0.25) is 15.9 Å². The van der Waals surface area contributed by atoms with Crippen molar-refractivity contribution in [1.82, 2.24) is 4.31 Å². The zero-order valence-corrected chi connectivity index (χ0v) is 26.5. The van der Waals surface area contributed by atoms with E-state index in [0.717, 1.165) is 28.3 Å². The molecule has 0 radical (unpaired) electrons. The minimum absolute atomic E-state index is 0.0398. The molecule has 8 atom stereocenters. The molecule has 8 rings (SSSR count). The number of ketones is 2. The summed E-state index contributed by atoms with van der Waals surface area (Å²) in [5.41, 5.74) is 2.43. The third-order valence-corrected chi connectivity index (χ3v) is 14.7. The van der Waals surface area contributed by atoms with Gasteiger partial charge in [0.1, 0.15) is 0 Å². The summed E-state index contributed by atoms with van der Waals surface area (Å²) in [4.78, 5) is 42.3. The number of hydrogen-bond acceptors (Lipinski definition) is 7. The number of aliphatic hydroxyl groups excluding tert-OH is 1. The molecule has 4 fully saturated rings. The van der Waals surface area contributed by atoms with E-state index in [4.69, 9.17) is 4.74 Å². The number of benzene rings is 2. The maximum absolute atomic E-state index is 14.4. The van der Waals surface area contributed by atoms with E-state index in [0.29, 0.717) is 35.6 Å². The molecule has 2 unspecified atom stereocenters. The number of hydrogen-bond donors (Lipinski definition) is 1. The molecule has 5 aliphatic carbocycles. The SMILES string of the molecule is CC1(C)C2CC[C@]13CS(=O)(=O)N(C(=O)[C@@H]1C[C@@H]4C(=C(COCc5ccccc5)C[C@@H]5C(=O)c6ccccc6C(=O)[C@@H]54)[C@@H]1O)C3C2. The molecule has 1 spiro atoms. The van der Waals surface area contributed by atoms with Crippen molar-refractivity contribution in [2.24, 2.45) is 40.4 Å². The van der Waals surface area contributed by atoms with Gasteiger partial charge in [-0.05, 0) is 66.1 Å². The number of rotatable bonds is 5. The van der Waals surface area contributed by atoms with E-state index in [9.17, 15) is 27.9 Å². The van der Waals surface area contributed by atoms with Crippen molar-refractivity contribution in [3.8, 4) is 0 Å². The van der Waals surface area contributed by atoms with Crippen molar-refractivity contribution >= 4 is 27.5 Å². The summed E-state index contributed by atoms with van der Waals surface area (Å²) in [6, 6.07) is 16.2. The maximum Gasteiger partial charge on any atom is 0.242 e.